The topological polar surface area (TPSA) is 110 Å². The summed E-state index contributed by atoms with van der Waals surface area (Å²) in [5.41, 5.74) is 4.36. The van der Waals surface area contributed by atoms with Crippen molar-refractivity contribution in [2.75, 3.05) is 10.7 Å². The molecule has 1 amide bonds. The van der Waals surface area contributed by atoms with Crippen LogP contribution in [-0.2, 0) is 0 Å². The number of thiazole rings is 1. The van der Waals surface area contributed by atoms with Gasteiger partial charge in [-0.05, 0) is 48.5 Å². The highest BCUT2D eigenvalue weighted by Gasteiger charge is 2.17. The van der Waals surface area contributed by atoms with Crippen molar-refractivity contribution in [3.05, 3.63) is 106 Å². The summed E-state index contributed by atoms with van der Waals surface area (Å²) in [4.78, 5) is 27.5. The molecule has 0 bridgehead atoms. The number of amides is 1. The minimum absolute atomic E-state index is 0.0670. The lowest BCUT2D eigenvalue weighted by atomic mass is 10.1. The molecule has 11 heteroatoms. The van der Waals surface area contributed by atoms with Crippen molar-refractivity contribution in [3.63, 3.8) is 0 Å². The Labute approximate surface area is 195 Å². The molecule has 8 nitrogen and oxygen atoms in total. The molecule has 0 aliphatic rings. The van der Waals surface area contributed by atoms with Gasteiger partial charge in [-0.15, -0.1) is 0 Å². The molecule has 34 heavy (non-hydrogen) atoms. The van der Waals surface area contributed by atoms with Crippen LogP contribution in [0.2, 0.25) is 0 Å². The van der Waals surface area contributed by atoms with E-state index in [0.717, 1.165) is 11.3 Å². The molecule has 170 valence electrons. The average Bonchev–Trinajstić information content (AvgIpc) is 3.22. The number of anilines is 2. The van der Waals surface area contributed by atoms with E-state index in [1.165, 1.54) is 66.9 Å². The highest BCUT2D eigenvalue weighted by atomic mass is 32.1. The molecule has 4 rings (SSSR count). The number of halogens is 2. The van der Waals surface area contributed by atoms with E-state index in [0.29, 0.717) is 27.0 Å². The fraction of sp³-hybridized carbons (Fsp3) is 0. The molecule has 0 saturated heterocycles. The zero-order chi connectivity index (χ0) is 24.1. The van der Waals surface area contributed by atoms with Gasteiger partial charge in [0.15, 0.2) is 0 Å². The summed E-state index contributed by atoms with van der Waals surface area (Å²) in [6, 6.07) is 16.6. The van der Waals surface area contributed by atoms with Crippen molar-refractivity contribution in [1.29, 1.82) is 0 Å². The lowest BCUT2D eigenvalue weighted by Crippen LogP contribution is -2.11. The van der Waals surface area contributed by atoms with E-state index in [2.05, 4.69) is 20.8 Å². The van der Waals surface area contributed by atoms with Gasteiger partial charge in [-0.2, -0.15) is 5.10 Å². The molecule has 2 N–H and O–H groups in total. The number of carbonyl (C=O) groups is 1. The fourth-order valence-corrected chi connectivity index (χ4v) is 3.75. The predicted molar refractivity (Wildman–Crippen MR) is 126 cm³/mol. The van der Waals surface area contributed by atoms with Gasteiger partial charge in [-0.1, -0.05) is 23.5 Å². The van der Waals surface area contributed by atoms with Gasteiger partial charge in [-0.3, -0.25) is 20.3 Å². The van der Waals surface area contributed by atoms with Crippen molar-refractivity contribution in [1.82, 2.24) is 4.98 Å². The monoisotopic (exact) mass is 479 g/mol. The minimum atomic E-state index is -0.503. The molecular weight excluding hydrogens is 464 g/mol. The number of carbonyl (C=O) groups excluding carboxylic acids is 1. The number of hydrogen-bond donors (Lipinski definition) is 2. The first-order valence-electron chi connectivity index (χ1n) is 9.76. The SMILES string of the molecule is O=C(Nc1sc(NN=Cc2cccc([N+](=O)[O-])c2)nc1-c1ccc(F)cc1)c1ccc(F)cc1. The Morgan fingerprint density at radius 3 is 2.38 bits per heavy atom. The maximum atomic E-state index is 13.4. The van der Waals surface area contributed by atoms with Crippen LogP contribution >= 0.6 is 11.3 Å². The summed E-state index contributed by atoms with van der Waals surface area (Å²) in [6.07, 6.45) is 1.39. The van der Waals surface area contributed by atoms with Crippen LogP contribution in [0, 0.1) is 21.7 Å². The smallest absolute Gasteiger partial charge is 0.270 e. The van der Waals surface area contributed by atoms with Gasteiger partial charge >= 0.3 is 0 Å². The Kier molecular flexibility index (Phi) is 6.64. The first-order chi connectivity index (χ1) is 16.4. The van der Waals surface area contributed by atoms with Crippen LogP contribution in [0.15, 0.2) is 77.9 Å². The molecule has 3 aromatic carbocycles. The third-order valence-corrected chi connectivity index (χ3v) is 5.41. The molecular formula is C23H15F2N5O3S. The Morgan fingerprint density at radius 2 is 1.71 bits per heavy atom. The molecule has 4 aromatic rings. The molecule has 1 aromatic heterocycles. The van der Waals surface area contributed by atoms with Crippen molar-refractivity contribution < 1.29 is 18.5 Å². The number of aromatic nitrogens is 1. The maximum absolute atomic E-state index is 13.4. The van der Waals surface area contributed by atoms with E-state index < -0.39 is 22.5 Å². The Bertz CT molecular complexity index is 1370. The Hall–Kier alpha value is -4.51. The van der Waals surface area contributed by atoms with Crippen LogP contribution in [0.4, 0.5) is 24.6 Å². The first-order valence-corrected chi connectivity index (χ1v) is 10.6. The number of nitrogens with one attached hydrogen (secondary N) is 2. The van der Waals surface area contributed by atoms with Crippen LogP contribution in [0.1, 0.15) is 15.9 Å². The molecule has 0 radical (unpaired) electrons. The second kappa shape index (κ2) is 9.96. The van der Waals surface area contributed by atoms with Crippen LogP contribution in [0.5, 0.6) is 0 Å². The number of nitrogens with zero attached hydrogens (tertiary/aromatic N) is 3. The summed E-state index contributed by atoms with van der Waals surface area (Å²) in [5.74, 6) is -1.36. The van der Waals surface area contributed by atoms with Crippen LogP contribution < -0.4 is 10.7 Å². The standard InChI is InChI=1S/C23H15F2N5O3S/c24-17-8-4-15(5-9-17)20-22(28-21(31)16-6-10-18(25)11-7-16)34-23(27-20)29-26-13-14-2-1-3-19(12-14)30(32)33/h1-13H,(H,27,29)(H,28,31). The number of non-ortho nitro benzene ring substituents is 1. The molecule has 0 aliphatic carbocycles. The second-order valence-electron chi connectivity index (χ2n) is 6.89. The highest BCUT2D eigenvalue weighted by molar-refractivity contribution is 7.20. The molecule has 0 spiro atoms. The van der Waals surface area contributed by atoms with Crippen molar-refractivity contribution in [3.8, 4) is 11.3 Å². The normalized spacial score (nSPS) is 10.9. The maximum Gasteiger partial charge on any atom is 0.270 e. The number of hydrogen-bond acceptors (Lipinski definition) is 7. The van der Waals surface area contributed by atoms with E-state index in [1.807, 2.05) is 0 Å². The largest absolute Gasteiger partial charge is 0.312 e. The van der Waals surface area contributed by atoms with Gasteiger partial charge < -0.3 is 5.32 Å². The zero-order valence-electron chi connectivity index (χ0n) is 17.2. The zero-order valence-corrected chi connectivity index (χ0v) is 18.1. The summed E-state index contributed by atoms with van der Waals surface area (Å²) in [5, 5.41) is 18.4. The summed E-state index contributed by atoms with van der Waals surface area (Å²) in [6.45, 7) is 0. The highest BCUT2D eigenvalue weighted by Crippen LogP contribution is 2.36. The van der Waals surface area contributed by atoms with Crippen LogP contribution in [0.25, 0.3) is 11.3 Å². The van der Waals surface area contributed by atoms with E-state index >= 15 is 0 Å². The second-order valence-corrected chi connectivity index (χ2v) is 7.89. The van der Waals surface area contributed by atoms with Crippen molar-refractivity contribution in [2.24, 2.45) is 5.10 Å². The van der Waals surface area contributed by atoms with E-state index in [4.69, 9.17) is 0 Å². The lowest BCUT2D eigenvalue weighted by molar-refractivity contribution is -0.384. The minimum Gasteiger partial charge on any atom is -0.312 e. The van der Waals surface area contributed by atoms with Crippen LogP contribution in [-0.4, -0.2) is 22.0 Å². The predicted octanol–water partition coefficient (Wildman–Crippen LogP) is 5.69. The quantitative estimate of drug-likeness (QED) is 0.201. The van der Waals surface area contributed by atoms with Crippen LogP contribution in [0.3, 0.4) is 0 Å². The number of nitro benzene ring substituents is 1. The molecule has 0 unspecified atom stereocenters. The summed E-state index contributed by atoms with van der Waals surface area (Å²) >= 11 is 1.08. The third-order valence-electron chi connectivity index (χ3n) is 4.53. The third kappa shape index (κ3) is 5.45. The van der Waals surface area contributed by atoms with Gasteiger partial charge in [0.1, 0.15) is 22.3 Å². The van der Waals surface area contributed by atoms with E-state index in [9.17, 15) is 23.7 Å². The van der Waals surface area contributed by atoms with E-state index in [-0.39, 0.29) is 11.3 Å². The molecule has 0 saturated carbocycles. The lowest BCUT2D eigenvalue weighted by Gasteiger charge is -2.05. The molecule has 0 atom stereocenters. The van der Waals surface area contributed by atoms with Gasteiger partial charge in [0.25, 0.3) is 11.6 Å². The van der Waals surface area contributed by atoms with Gasteiger partial charge in [-0.25, -0.2) is 13.8 Å². The van der Waals surface area contributed by atoms with Gasteiger partial charge in [0.2, 0.25) is 5.13 Å². The Balaban J connectivity index is 1.59. The van der Waals surface area contributed by atoms with Crippen molar-refractivity contribution >= 4 is 39.3 Å². The number of benzene rings is 3. The number of nitro groups is 1. The van der Waals surface area contributed by atoms with Crippen molar-refractivity contribution in [2.45, 2.75) is 0 Å². The molecule has 0 aliphatic heterocycles. The average molecular weight is 479 g/mol. The molecule has 0 fully saturated rings. The first kappa shape index (κ1) is 22.7. The Morgan fingerprint density at radius 1 is 1.03 bits per heavy atom. The summed E-state index contributed by atoms with van der Waals surface area (Å²) < 4.78 is 26.6. The van der Waals surface area contributed by atoms with Gasteiger partial charge in [0, 0.05) is 28.8 Å². The molecule has 1 heterocycles. The van der Waals surface area contributed by atoms with E-state index in [1.54, 1.807) is 12.1 Å². The number of hydrazone groups is 1. The summed E-state index contributed by atoms with van der Waals surface area (Å²) in [7, 11) is 0. The van der Waals surface area contributed by atoms with Gasteiger partial charge in [0.05, 0.1) is 11.1 Å². The number of rotatable bonds is 7. The fourth-order valence-electron chi connectivity index (χ4n) is 2.91.